The molecule has 1 fully saturated rings. The molecule has 2 N–H and O–H groups in total. The Kier molecular flexibility index (Phi) is 6.73. The molecule has 0 saturated carbocycles. The van der Waals surface area contributed by atoms with Gasteiger partial charge in [-0.15, -0.1) is 0 Å². The van der Waals surface area contributed by atoms with Gasteiger partial charge < -0.3 is 10.2 Å². The van der Waals surface area contributed by atoms with Crippen LogP contribution in [0.1, 0.15) is 11.1 Å². The summed E-state index contributed by atoms with van der Waals surface area (Å²) in [6.45, 7) is 0.466. The predicted octanol–water partition coefficient (Wildman–Crippen LogP) is 6.06. The predicted molar refractivity (Wildman–Crippen MR) is 145 cm³/mol. The van der Waals surface area contributed by atoms with Crippen LogP contribution >= 0.6 is 11.8 Å². The molecule has 4 amide bonds. The van der Waals surface area contributed by atoms with E-state index in [9.17, 15) is 14.4 Å². The van der Waals surface area contributed by atoms with Gasteiger partial charge >= 0.3 is 6.03 Å². The Morgan fingerprint density at radius 1 is 0.861 bits per heavy atom. The summed E-state index contributed by atoms with van der Waals surface area (Å²) in [6, 6.07) is 29.9. The van der Waals surface area contributed by atoms with Crippen LogP contribution in [0.4, 0.5) is 15.3 Å². The molecular formula is C29H25N3O3S. The number of benzene rings is 4. The minimum Gasteiger partial charge on any atom is -0.323 e. The van der Waals surface area contributed by atoms with E-state index in [2.05, 4.69) is 16.7 Å². The minimum absolute atomic E-state index is 0.174. The number of imide groups is 1. The van der Waals surface area contributed by atoms with Gasteiger partial charge in [0.25, 0.3) is 5.24 Å². The van der Waals surface area contributed by atoms with E-state index in [1.54, 1.807) is 11.9 Å². The van der Waals surface area contributed by atoms with Gasteiger partial charge in [0.15, 0.2) is 0 Å². The smallest absolute Gasteiger partial charge is 0.321 e. The first-order chi connectivity index (χ1) is 17.4. The first kappa shape index (κ1) is 23.6. The number of carbonyl (C=O) groups is 3. The van der Waals surface area contributed by atoms with Crippen LogP contribution in [0.3, 0.4) is 0 Å². The van der Waals surface area contributed by atoms with E-state index < -0.39 is 0 Å². The van der Waals surface area contributed by atoms with Crippen LogP contribution in [0.15, 0.2) is 91.0 Å². The normalized spacial score (nSPS) is 15.1. The zero-order valence-corrected chi connectivity index (χ0v) is 20.5. The molecule has 1 atom stereocenters. The van der Waals surface area contributed by atoms with Crippen molar-refractivity contribution >= 4 is 45.4 Å². The highest BCUT2D eigenvalue weighted by atomic mass is 32.2. The standard InChI is InChI=1S/C29H25N3O3S/c1-32(28(34)30-25-14-13-21-6-2-3-7-24(21)17-25)18-20-5-4-8-23(15-20)22-11-9-19(10-12-22)16-26-27(33)31-29(35)36-26/h2-15,17,26H,16,18H2,1H3,(H,30,34)(H,31,33,35). The number of carbonyl (C=O) groups excluding carboxylic acids is 3. The molecule has 36 heavy (non-hydrogen) atoms. The largest absolute Gasteiger partial charge is 0.323 e. The van der Waals surface area contributed by atoms with E-state index in [1.807, 2.05) is 84.9 Å². The van der Waals surface area contributed by atoms with Crippen molar-refractivity contribution in [2.45, 2.75) is 18.2 Å². The van der Waals surface area contributed by atoms with Crippen molar-refractivity contribution in [3.05, 3.63) is 102 Å². The molecule has 1 unspecified atom stereocenters. The van der Waals surface area contributed by atoms with Crippen LogP contribution in [0.25, 0.3) is 21.9 Å². The van der Waals surface area contributed by atoms with Gasteiger partial charge in [-0.2, -0.15) is 0 Å². The van der Waals surface area contributed by atoms with E-state index in [0.717, 1.165) is 50.5 Å². The summed E-state index contributed by atoms with van der Waals surface area (Å²) in [4.78, 5) is 37.7. The van der Waals surface area contributed by atoms with Crippen molar-refractivity contribution in [3.63, 3.8) is 0 Å². The average Bonchev–Trinajstić information content (AvgIpc) is 3.20. The Morgan fingerprint density at radius 2 is 1.64 bits per heavy atom. The summed E-state index contributed by atoms with van der Waals surface area (Å²) < 4.78 is 0. The van der Waals surface area contributed by atoms with Crippen molar-refractivity contribution in [2.75, 3.05) is 12.4 Å². The molecule has 7 heteroatoms. The molecule has 1 heterocycles. The van der Waals surface area contributed by atoms with Gasteiger partial charge in [0.05, 0.1) is 5.25 Å². The minimum atomic E-state index is -0.372. The van der Waals surface area contributed by atoms with Gasteiger partial charge in [-0.25, -0.2) is 4.79 Å². The third kappa shape index (κ3) is 5.42. The summed E-state index contributed by atoms with van der Waals surface area (Å²) >= 11 is 1.04. The fourth-order valence-corrected chi connectivity index (χ4v) is 5.12. The maximum Gasteiger partial charge on any atom is 0.321 e. The zero-order chi connectivity index (χ0) is 25.1. The fraction of sp³-hybridized carbons (Fsp3) is 0.138. The quantitative estimate of drug-likeness (QED) is 0.341. The summed E-state index contributed by atoms with van der Waals surface area (Å²) in [6.07, 6.45) is 0.514. The molecule has 4 aromatic carbocycles. The van der Waals surface area contributed by atoms with Crippen LogP contribution in [-0.2, 0) is 17.8 Å². The zero-order valence-electron chi connectivity index (χ0n) is 19.7. The third-order valence-electron chi connectivity index (χ3n) is 6.17. The molecule has 0 aromatic heterocycles. The first-order valence-electron chi connectivity index (χ1n) is 11.7. The molecule has 180 valence electrons. The van der Waals surface area contributed by atoms with Gasteiger partial charge in [-0.3, -0.25) is 14.9 Å². The second kappa shape index (κ2) is 10.3. The number of rotatable bonds is 6. The molecule has 0 aliphatic carbocycles. The van der Waals surface area contributed by atoms with Gasteiger partial charge in [0.1, 0.15) is 0 Å². The summed E-state index contributed by atoms with van der Waals surface area (Å²) in [5, 5.41) is 6.86. The second-order valence-electron chi connectivity index (χ2n) is 8.83. The SMILES string of the molecule is CN(Cc1cccc(-c2ccc(CC3SC(=O)NC3=O)cc2)c1)C(=O)Nc1ccc2ccccc2c1. The number of nitrogens with one attached hydrogen (secondary N) is 2. The number of hydrogen-bond acceptors (Lipinski definition) is 4. The lowest BCUT2D eigenvalue weighted by Crippen LogP contribution is -2.30. The Morgan fingerprint density at radius 3 is 2.39 bits per heavy atom. The number of amides is 4. The van der Waals surface area contributed by atoms with Gasteiger partial charge in [0.2, 0.25) is 5.91 Å². The molecule has 0 spiro atoms. The molecule has 4 aromatic rings. The van der Waals surface area contributed by atoms with Crippen LogP contribution < -0.4 is 10.6 Å². The second-order valence-corrected chi connectivity index (χ2v) is 10.0. The lowest BCUT2D eigenvalue weighted by atomic mass is 10.00. The topological polar surface area (TPSA) is 78.5 Å². The highest BCUT2D eigenvalue weighted by molar-refractivity contribution is 8.15. The molecule has 0 radical (unpaired) electrons. The van der Waals surface area contributed by atoms with Crippen LogP contribution in [-0.4, -0.2) is 34.4 Å². The molecular weight excluding hydrogens is 470 g/mol. The lowest BCUT2D eigenvalue weighted by molar-refractivity contribution is -0.118. The molecule has 1 saturated heterocycles. The Balaban J connectivity index is 1.22. The number of thioether (sulfide) groups is 1. The molecule has 6 nitrogen and oxygen atoms in total. The molecule has 1 aliphatic heterocycles. The third-order valence-corrected chi connectivity index (χ3v) is 7.15. The number of hydrogen-bond donors (Lipinski definition) is 2. The fourth-order valence-electron chi connectivity index (χ4n) is 4.26. The Labute approximate surface area is 213 Å². The monoisotopic (exact) mass is 495 g/mol. The van der Waals surface area contributed by atoms with Crippen molar-refractivity contribution < 1.29 is 14.4 Å². The van der Waals surface area contributed by atoms with E-state index in [1.165, 1.54) is 0 Å². The van der Waals surface area contributed by atoms with Crippen molar-refractivity contribution in [3.8, 4) is 11.1 Å². The Hall–Kier alpha value is -4.10. The van der Waals surface area contributed by atoms with Crippen LogP contribution in [0.2, 0.25) is 0 Å². The average molecular weight is 496 g/mol. The van der Waals surface area contributed by atoms with Crippen molar-refractivity contribution in [1.82, 2.24) is 10.2 Å². The van der Waals surface area contributed by atoms with E-state index in [4.69, 9.17) is 0 Å². The number of anilines is 1. The Bertz CT molecular complexity index is 1450. The highest BCUT2D eigenvalue weighted by Crippen LogP contribution is 2.26. The maximum atomic E-state index is 12.8. The number of nitrogens with zero attached hydrogens (tertiary/aromatic N) is 1. The van der Waals surface area contributed by atoms with E-state index in [0.29, 0.717) is 13.0 Å². The summed E-state index contributed by atoms with van der Waals surface area (Å²) in [7, 11) is 1.78. The van der Waals surface area contributed by atoms with Gasteiger partial charge in [-0.05, 0) is 57.6 Å². The van der Waals surface area contributed by atoms with E-state index >= 15 is 0 Å². The van der Waals surface area contributed by atoms with Gasteiger partial charge in [-0.1, -0.05) is 84.6 Å². The summed E-state index contributed by atoms with van der Waals surface area (Å²) in [5.74, 6) is -0.226. The molecule has 5 rings (SSSR count). The molecule has 0 bridgehead atoms. The number of urea groups is 1. The van der Waals surface area contributed by atoms with Gasteiger partial charge in [0, 0.05) is 19.3 Å². The summed E-state index contributed by atoms with van der Waals surface area (Å²) in [5.41, 5.74) is 4.87. The van der Waals surface area contributed by atoms with Crippen LogP contribution in [0.5, 0.6) is 0 Å². The lowest BCUT2D eigenvalue weighted by Gasteiger charge is -2.19. The van der Waals surface area contributed by atoms with Crippen LogP contribution in [0, 0.1) is 0 Å². The maximum absolute atomic E-state index is 12.8. The van der Waals surface area contributed by atoms with E-state index in [-0.39, 0.29) is 22.4 Å². The number of fused-ring (bicyclic) bond motifs is 1. The molecule has 1 aliphatic rings. The highest BCUT2D eigenvalue weighted by Gasteiger charge is 2.31. The van der Waals surface area contributed by atoms with Crippen molar-refractivity contribution in [2.24, 2.45) is 0 Å². The van der Waals surface area contributed by atoms with Crippen molar-refractivity contribution in [1.29, 1.82) is 0 Å². The first-order valence-corrected chi connectivity index (χ1v) is 12.5.